The summed E-state index contributed by atoms with van der Waals surface area (Å²) < 4.78 is 29.8. The number of halogens is 4. The van der Waals surface area contributed by atoms with E-state index in [1.165, 1.54) is 24.3 Å². The van der Waals surface area contributed by atoms with E-state index >= 15 is 0 Å². The zero-order valence-corrected chi connectivity index (χ0v) is 20.9. The fourth-order valence-corrected chi connectivity index (χ4v) is 6.03. The van der Waals surface area contributed by atoms with E-state index in [1.54, 1.807) is 0 Å². The second-order valence-electron chi connectivity index (χ2n) is 8.04. The number of benzene rings is 5. The fourth-order valence-electron chi connectivity index (χ4n) is 4.88. The molecule has 0 fully saturated rings. The molecule has 0 aliphatic carbocycles. The predicted molar refractivity (Wildman–Crippen MR) is 134 cm³/mol. The van der Waals surface area contributed by atoms with Crippen LogP contribution in [0.1, 0.15) is 0 Å². The van der Waals surface area contributed by atoms with Gasteiger partial charge in [0.1, 0.15) is 23.0 Å². The van der Waals surface area contributed by atoms with Crippen molar-refractivity contribution in [1.29, 1.82) is 0 Å². The van der Waals surface area contributed by atoms with Gasteiger partial charge < -0.3 is 28.4 Å². The van der Waals surface area contributed by atoms with Crippen LogP contribution in [0.4, 0.5) is 19.2 Å². The number of cyclic esters (lactones) is 4. The van der Waals surface area contributed by atoms with Gasteiger partial charge >= 0.3 is 24.6 Å². The van der Waals surface area contributed by atoms with E-state index in [9.17, 15) is 19.2 Å². The SMILES string of the molecule is O=C1OC(=O)Oc2cc(Cl)c3c4c(Cl)cc5c6c(cc(Cl)c(c7c(Cl)cc(c2c73)O1)c64)OC(=O)OC(=O)O5. The molecule has 0 radical (unpaired) electrons. The molecule has 38 heavy (non-hydrogen) atoms. The maximum atomic E-state index is 12.1. The lowest BCUT2D eigenvalue weighted by atomic mass is 9.88. The Morgan fingerprint density at radius 1 is 0.342 bits per heavy atom. The smallest absolute Gasteiger partial charge is 0.394 e. The van der Waals surface area contributed by atoms with Crippen molar-refractivity contribution in [3.8, 4) is 23.0 Å². The fraction of sp³-hybridized carbons (Fsp3) is 0. The molecule has 0 atom stereocenters. The Kier molecular flexibility index (Phi) is 4.74. The van der Waals surface area contributed by atoms with Gasteiger partial charge in [0.25, 0.3) is 0 Å². The Bertz CT molecular complexity index is 1730. The normalized spacial score (nSPS) is 15.3. The average molecular weight is 594 g/mol. The third kappa shape index (κ3) is 3.08. The van der Waals surface area contributed by atoms with Crippen molar-refractivity contribution in [3.05, 3.63) is 44.4 Å². The Balaban J connectivity index is 1.80. The first-order valence-corrected chi connectivity index (χ1v) is 11.8. The minimum atomic E-state index is -1.34. The molecule has 2 aliphatic heterocycles. The van der Waals surface area contributed by atoms with E-state index in [4.69, 9.17) is 65.4 Å². The molecule has 0 saturated carbocycles. The van der Waals surface area contributed by atoms with Crippen molar-refractivity contribution in [2.24, 2.45) is 0 Å². The van der Waals surface area contributed by atoms with Crippen LogP contribution in [-0.2, 0) is 9.47 Å². The van der Waals surface area contributed by atoms with Crippen molar-refractivity contribution in [1.82, 2.24) is 0 Å². The summed E-state index contributed by atoms with van der Waals surface area (Å²) in [5, 5.41) is 2.28. The number of carbonyl (C=O) groups is 4. The molecule has 2 aliphatic rings. The molecule has 5 aromatic carbocycles. The topological polar surface area (TPSA) is 124 Å². The van der Waals surface area contributed by atoms with Gasteiger partial charge in [-0.25, -0.2) is 19.2 Å². The maximum absolute atomic E-state index is 12.1. The Morgan fingerprint density at radius 3 is 0.816 bits per heavy atom. The van der Waals surface area contributed by atoms with Crippen molar-refractivity contribution in [3.63, 3.8) is 0 Å². The largest absolute Gasteiger partial charge is 0.524 e. The molecule has 5 aromatic rings. The maximum Gasteiger partial charge on any atom is 0.524 e. The molecule has 14 heteroatoms. The first-order chi connectivity index (χ1) is 18.1. The summed E-state index contributed by atoms with van der Waals surface area (Å²) in [5.41, 5.74) is 0. The lowest BCUT2D eigenvalue weighted by Gasteiger charge is -2.24. The molecule has 2 heterocycles. The number of hydrogen-bond donors (Lipinski definition) is 0. The minimum Gasteiger partial charge on any atom is -0.394 e. The van der Waals surface area contributed by atoms with E-state index in [-0.39, 0.29) is 53.9 Å². The minimum absolute atomic E-state index is 0.0502. The van der Waals surface area contributed by atoms with Gasteiger partial charge in [-0.3, -0.25) is 0 Å². The zero-order valence-electron chi connectivity index (χ0n) is 17.9. The van der Waals surface area contributed by atoms with Crippen LogP contribution >= 0.6 is 46.4 Å². The van der Waals surface area contributed by atoms with Crippen molar-refractivity contribution >= 4 is 114 Å². The van der Waals surface area contributed by atoms with Crippen LogP contribution in [0, 0.1) is 0 Å². The van der Waals surface area contributed by atoms with Crippen LogP contribution < -0.4 is 18.9 Å². The summed E-state index contributed by atoms with van der Waals surface area (Å²) in [6, 6.07) is 5.24. The van der Waals surface area contributed by atoms with Crippen molar-refractivity contribution in [2.75, 3.05) is 0 Å². The summed E-state index contributed by atoms with van der Waals surface area (Å²) in [5.74, 6) is -0.356. The number of carbonyl (C=O) groups excluding carboxylic acids is 4. The quantitative estimate of drug-likeness (QED) is 0.0568. The van der Waals surface area contributed by atoms with Crippen LogP contribution in [0.2, 0.25) is 20.1 Å². The van der Waals surface area contributed by atoms with Gasteiger partial charge in [-0.15, -0.1) is 0 Å². The van der Waals surface area contributed by atoms with Crippen LogP contribution in [-0.4, -0.2) is 24.6 Å². The lowest BCUT2D eigenvalue weighted by molar-refractivity contribution is 0.0858. The molecule has 0 unspecified atom stereocenters. The summed E-state index contributed by atoms with van der Waals surface area (Å²) >= 11 is 26.9. The molecule has 0 spiro atoms. The molecule has 0 aromatic heterocycles. The first kappa shape index (κ1) is 23.2. The molecule has 7 rings (SSSR count). The van der Waals surface area contributed by atoms with E-state index in [0.717, 1.165) is 0 Å². The molecule has 0 N–H and O–H groups in total. The summed E-state index contributed by atoms with van der Waals surface area (Å²) in [6.45, 7) is 0. The van der Waals surface area contributed by atoms with Crippen LogP contribution in [0.3, 0.4) is 0 Å². The molecular weight excluding hydrogens is 590 g/mol. The highest BCUT2D eigenvalue weighted by Gasteiger charge is 2.33. The summed E-state index contributed by atoms with van der Waals surface area (Å²) in [4.78, 5) is 48.3. The Morgan fingerprint density at radius 2 is 0.579 bits per heavy atom. The molecule has 10 nitrogen and oxygen atoms in total. The zero-order chi connectivity index (χ0) is 26.6. The van der Waals surface area contributed by atoms with Crippen LogP contribution in [0.5, 0.6) is 23.0 Å². The van der Waals surface area contributed by atoms with Gasteiger partial charge in [-0.2, -0.15) is 0 Å². The van der Waals surface area contributed by atoms with Crippen LogP contribution in [0.15, 0.2) is 24.3 Å². The number of rotatable bonds is 0. The van der Waals surface area contributed by atoms with Crippen molar-refractivity contribution < 1.29 is 47.6 Å². The Labute approximate surface area is 228 Å². The van der Waals surface area contributed by atoms with Crippen molar-refractivity contribution in [2.45, 2.75) is 0 Å². The molecular formula is C24H4Cl4O10. The highest BCUT2D eigenvalue weighted by atomic mass is 35.5. The second-order valence-corrected chi connectivity index (χ2v) is 9.67. The van der Waals surface area contributed by atoms with Gasteiger partial charge in [0.2, 0.25) is 0 Å². The third-order valence-electron chi connectivity index (χ3n) is 6.08. The molecule has 0 bridgehead atoms. The van der Waals surface area contributed by atoms with Gasteiger partial charge in [0, 0.05) is 56.6 Å². The predicted octanol–water partition coefficient (Wildman–Crippen LogP) is 8.41. The number of ether oxygens (including phenoxy) is 6. The van der Waals surface area contributed by atoms with Crippen LogP contribution in [0.25, 0.3) is 43.1 Å². The van der Waals surface area contributed by atoms with E-state index < -0.39 is 24.6 Å². The average Bonchev–Trinajstić information content (AvgIpc) is 2.79. The van der Waals surface area contributed by atoms with E-state index in [1.807, 2.05) is 0 Å². The first-order valence-electron chi connectivity index (χ1n) is 10.3. The lowest BCUT2D eigenvalue weighted by Crippen LogP contribution is -2.22. The molecule has 0 amide bonds. The van der Waals surface area contributed by atoms with Gasteiger partial charge in [0.05, 0.1) is 30.9 Å². The number of hydrogen-bond acceptors (Lipinski definition) is 10. The molecule has 188 valence electrons. The standard InChI is InChI=1S/C24H4Cl4O10/c25-5-1-9-17-10(34-22(30)37-21(29)33-9)2-7(27)15-16-8(28)4-12-18-11(35-23(31)38-24(32)36-12)3-6(26)14(20(16)18)13(5)19(15)17/h1-4H. The summed E-state index contributed by atoms with van der Waals surface area (Å²) in [6.07, 6.45) is -5.36. The van der Waals surface area contributed by atoms with Gasteiger partial charge in [-0.1, -0.05) is 46.4 Å². The monoisotopic (exact) mass is 592 g/mol. The van der Waals surface area contributed by atoms with E-state index in [0.29, 0.717) is 32.3 Å². The highest BCUT2D eigenvalue weighted by molar-refractivity contribution is 6.54. The van der Waals surface area contributed by atoms with E-state index in [2.05, 4.69) is 9.47 Å². The second kappa shape index (κ2) is 7.78. The number of fused-ring (bicyclic) bond motifs is 2. The molecule has 0 saturated heterocycles. The summed E-state index contributed by atoms with van der Waals surface area (Å²) in [7, 11) is 0. The third-order valence-corrected chi connectivity index (χ3v) is 7.27. The van der Waals surface area contributed by atoms with Gasteiger partial charge in [-0.05, 0) is 0 Å². The van der Waals surface area contributed by atoms with Gasteiger partial charge in [0.15, 0.2) is 0 Å². The highest BCUT2D eigenvalue weighted by Crippen LogP contribution is 2.56. The Hall–Kier alpha value is -3.96.